The lowest BCUT2D eigenvalue weighted by atomic mass is 9.43. The lowest BCUT2D eigenvalue weighted by molar-refractivity contribution is 0.332. The lowest BCUT2D eigenvalue weighted by Gasteiger charge is -2.48. The summed E-state index contributed by atoms with van der Waals surface area (Å²) in [5.74, 6) is 0. The van der Waals surface area contributed by atoms with E-state index in [9.17, 15) is 0 Å². The number of hydrogen-bond donors (Lipinski definition) is 0. The molecule has 2 aromatic heterocycles. The number of rotatable bonds is 3. The van der Waals surface area contributed by atoms with Gasteiger partial charge < -0.3 is 14.1 Å². The molecule has 0 amide bonds. The number of thiophene rings is 1. The fourth-order valence-corrected chi connectivity index (χ4v) is 13.3. The topological polar surface area (TPSA) is 19.6 Å². The molecule has 0 N–H and O–H groups in total. The summed E-state index contributed by atoms with van der Waals surface area (Å²) in [4.78, 5) is 5.36. The third-order valence-electron chi connectivity index (χ3n) is 16.2. The molecule has 0 unspecified atom stereocenters. The highest BCUT2D eigenvalue weighted by Crippen LogP contribution is 2.56. The van der Waals surface area contributed by atoms with Gasteiger partial charge in [-0.2, -0.15) is 0 Å². The van der Waals surface area contributed by atoms with Crippen LogP contribution in [0.15, 0.2) is 156 Å². The molecule has 1 aliphatic carbocycles. The first-order valence-electron chi connectivity index (χ1n) is 25.0. The SMILES string of the molecule is CC(C)(C)c1ccc(N2B3c4cc5c(cc4N(c4ccc(C(C)(C)C)cc4-c4ccccc4)c4cc6c(oc7ccccc76)c(c43)-c3cc4c(cc32)C(C)(C)CCC4(C)C)sc2ccccc25)cc1. The molecule has 69 heavy (non-hydrogen) atoms. The molecule has 0 spiro atoms. The number of anilines is 5. The lowest BCUT2D eigenvalue weighted by Crippen LogP contribution is -2.61. The Bertz CT molecular complexity index is 3760. The third kappa shape index (κ3) is 6.31. The van der Waals surface area contributed by atoms with E-state index in [1.807, 2.05) is 11.3 Å². The number of fused-ring (bicyclic) bond motifs is 12. The summed E-state index contributed by atoms with van der Waals surface area (Å²) in [6.45, 7) is 23.6. The van der Waals surface area contributed by atoms with Gasteiger partial charge in [-0.1, -0.05) is 160 Å². The standard InChI is InChI=1S/C64H59BN2OS/c1-61(2,3)39-24-27-41(28-25-39)67-52-36-49-48(63(7,8)30-31-64(49,9)10)33-47(52)58-59-54(35-46-42-20-14-16-22-55(42)68-60(46)58)66(51-29-26-40(62(4,5)6)32-44(51)38-18-12-11-13-19-38)53-37-57-45(34-50(53)65(59)67)43-21-15-17-23-56(43)69-57/h11-29,32-37H,30-31H2,1-10H3. The first kappa shape index (κ1) is 42.5. The molecule has 0 saturated heterocycles. The Morgan fingerprint density at radius 3 is 1.90 bits per heavy atom. The maximum Gasteiger partial charge on any atom is 0.333 e. The monoisotopic (exact) mass is 914 g/mol. The predicted molar refractivity (Wildman–Crippen MR) is 298 cm³/mol. The van der Waals surface area contributed by atoms with E-state index >= 15 is 0 Å². The Labute approximate surface area is 411 Å². The van der Waals surface area contributed by atoms with E-state index in [1.165, 1.54) is 104 Å². The van der Waals surface area contributed by atoms with Gasteiger partial charge in [0.05, 0.1) is 5.69 Å². The van der Waals surface area contributed by atoms with Crippen molar-refractivity contribution in [3.8, 4) is 22.3 Å². The van der Waals surface area contributed by atoms with E-state index in [-0.39, 0.29) is 28.5 Å². The van der Waals surface area contributed by atoms with Gasteiger partial charge in [0.2, 0.25) is 0 Å². The van der Waals surface area contributed by atoms with E-state index in [1.54, 1.807) is 0 Å². The Balaban J connectivity index is 1.23. The molecule has 0 saturated carbocycles. The van der Waals surface area contributed by atoms with Crippen LogP contribution in [0.5, 0.6) is 0 Å². The first-order valence-corrected chi connectivity index (χ1v) is 25.8. The molecule has 13 rings (SSSR count). The summed E-state index contributed by atoms with van der Waals surface area (Å²) in [7, 11) is 0. The van der Waals surface area contributed by atoms with E-state index in [4.69, 9.17) is 4.42 Å². The second-order valence-corrected chi connectivity index (χ2v) is 24.7. The molecular weight excluding hydrogens is 856 g/mol. The maximum absolute atomic E-state index is 7.27. The number of benzene rings is 8. The van der Waals surface area contributed by atoms with Crippen LogP contribution in [0, 0.1) is 0 Å². The van der Waals surface area contributed by atoms with Crippen LogP contribution in [0.3, 0.4) is 0 Å². The van der Waals surface area contributed by atoms with Crippen LogP contribution < -0.4 is 20.6 Å². The van der Waals surface area contributed by atoms with E-state index in [0.29, 0.717) is 0 Å². The third-order valence-corrected chi connectivity index (χ3v) is 17.4. The van der Waals surface area contributed by atoms with Crippen LogP contribution in [0.4, 0.5) is 28.4 Å². The van der Waals surface area contributed by atoms with Crippen molar-refractivity contribution >= 4 is 99.7 Å². The van der Waals surface area contributed by atoms with Gasteiger partial charge in [-0.15, -0.1) is 11.3 Å². The van der Waals surface area contributed by atoms with Crippen molar-refractivity contribution in [2.24, 2.45) is 0 Å². The average Bonchev–Trinajstić information content (AvgIpc) is 3.89. The van der Waals surface area contributed by atoms with Crippen molar-refractivity contribution in [1.82, 2.24) is 0 Å². The second kappa shape index (κ2) is 14.5. The summed E-state index contributed by atoms with van der Waals surface area (Å²) in [5.41, 5.74) is 20.9. The van der Waals surface area contributed by atoms with Crippen molar-refractivity contribution in [3.63, 3.8) is 0 Å². The second-order valence-electron chi connectivity index (χ2n) is 23.6. The molecule has 8 aromatic carbocycles. The van der Waals surface area contributed by atoms with Gasteiger partial charge in [0.1, 0.15) is 11.2 Å². The number of nitrogens with zero attached hydrogens (tertiary/aromatic N) is 2. The van der Waals surface area contributed by atoms with Gasteiger partial charge in [0.15, 0.2) is 0 Å². The Kier molecular flexibility index (Phi) is 8.94. The maximum atomic E-state index is 7.27. The zero-order valence-electron chi connectivity index (χ0n) is 41.6. The first-order chi connectivity index (χ1) is 33.0. The zero-order chi connectivity index (χ0) is 47.5. The van der Waals surface area contributed by atoms with Gasteiger partial charge in [-0.05, 0) is 134 Å². The van der Waals surface area contributed by atoms with Gasteiger partial charge in [-0.3, -0.25) is 0 Å². The Morgan fingerprint density at radius 1 is 0.522 bits per heavy atom. The minimum Gasteiger partial charge on any atom is -0.455 e. The fourth-order valence-electron chi connectivity index (χ4n) is 12.2. The van der Waals surface area contributed by atoms with E-state index < -0.39 is 0 Å². The molecular formula is C64H59BN2OS. The van der Waals surface area contributed by atoms with Crippen molar-refractivity contribution in [2.45, 2.75) is 104 Å². The Morgan fingerprint density at radius 2 is 1.17 bits per heavy atom. The van der Waals surface area contributed by atoms with Gasteiger partial charge in [0, 0.05) is 70.4 Å². The van der Waals surface area contributed by atoms with Crippen LogP contribution in [0.2, 0.25) is 0 Å². The van der Waals surface area contributed by atoms with E-state index in [2.05, 4.69) is 231 Å². The molecule has 0 bridgehead atoms. The summed E-state index contributed by atoms with van der Waals surface area (Å²) in [5, 5.41) is 4.90. The summed E-state index contributed by atoms with van der Waals surface area (Å²) >= 11 is 1.90. The molecule has 0 atom stereocenters. The highest BCUT2D eigenvalue weighted by molar-refractivity contribution is 7.26. The normalized spacial score (nSPS) is 16.0. The van der Waals surface area contributed by atoms with Crippen LogP contribution in [0.25, 0.3) is 64.4 Å². The molecule has 5 heteroatoms. The molecule has 0 fully saturated rings. The average molecular weight is 915 g/mol. The highest BCUT2D eigenvalue weighted by Gasteiger charge is 2.49. The van der Waals surface area contributed by atoms with Crippen molar-refractivity contribution in [2.75, 3.05) is 9.71 Å². The molecule has 0 radical (unpaired) electrons. The van der Waals surface area contributed by atoms with Crippen molar-refractivity contribution < 1.29 is 4.42 Å². The number of para-hydroxylation sites is 1. The minimum absolute atomic E-state index is 0.00138. The molecule has 3 nitrogen and oxygen atoms in total. The van der Waals surface area contributed by atoms with Crippen LogP contribution in [0.1, 0.15) is 104 Å². The smallest absolute Gasteiger partial charge is 0.333 e. The quantitative estimate of drug-likeness (QED) is 0.165. The van der Waals surface area contributed by atoms with Crippen LogP contribution in [-0.4, -0.2) is 6.85 Å². The van der Waals surface area contributed by atoms with Gasteiger partial charge in [-0.25, -0.2) is 0 Å². The molecule has 3 aliphatic rings. The van der Waals surface area contributed by atoms with Crippen LogP contribution in [-0.2, 0) is 21.7 Å². The Hall–Kier alpha value is -6.56. The largest absolute Gasteiger partial charge is 0.455 e. The number of hydrogen-bond acceptors (Lipinski definition) is 4. The van der Waals surface area contributed by atoms with Crippen LogP contribution >= 0.6 is 11.3 Å². The number of furan rings is 1. The predicted octanol–water partition coefficient (Wildman–Crippen LogP) is 17.3. The fraction of sp³-hybridized carbons (Fsp3) is 0.250. The zero-order valence-corrected chi connectivity index (χ0v) is 42.5. The summed E-state index contributed by atoms with van der Waals surface area (Å²) < 4.78 is 9.87. The molecule has 340 valence electrons. The summed E-state index contributed by atoms with van der Waals surface area (Å²) in [6, 6.07) is 58.2. The minimum atomic E-state index is -0.179. The van der Waals surface area contributed by atoms with Gasteiger partial charge in [0.25, 0.3) is 0 Å². The van der Waals surface area contributed by atoms with Crippen molar-refractivity contribution in [3.05, 3.63) is 174 Å². The molecule has 2 aliphatic heterocycles. The molecule has 4 heterocycles. The highest BCUT2D eigenvalue weighted by atomic mass is 32.1. The van der Waals surface area contributed by atoms with Gasteiger partial charge >= 0.3 is 6.85 Å². The van der Waals surface area contributed by atoms with E-state index in [0.717, 1.165) is 34.8 Å². The van der Waals surface area contributed by atoms with Crippen molar-refractivity contribution in [1.29, 1.82) is 0 Å². The summed E-state index contributed by atoms with van der Waals surface area (Å²) in [6.07, 6.45) is 2.28. The molecule has 10 aromatic rings.